The Labute approximate surface area is 176 Å². The molecule has 0 atom stereocenters. The molecule has 0 aliphatic carbocycles. The number of carbonyl (C=O) groups is 1. The van der Waals surface area contributed by atoms with Crippen molar-refractivity contribution in [2.45, 2.75) is 13.1 Å². The minimum absolute atomic E-state index is 0.100. The number of pyridine rings is 1. The quantitative estimate of drug-likeness (QED) is 0.538. The number of rotatable bonds is 3. The van der Waals surface area contributed by atoms with Crippen LogP contribution in [0.3, 0.4) is 0 Å². The minimum atomic E-state index is -0.100. The van der Waals surface area contributed by atoms with Crippen LogP contribution in [0.2, 0.25) is 0 Å². The number of Topliss-reactive ketones (excluding diaryl/α,β-unsaturated/α-hetero) is 1. The van der Waals surface area contributed by atoms with Crippen molar-refractivity contribution in [1.82, 2.24) is 9.88 Å². The Hall–Kier alpha value is -2.96. The third-order valence-electron chi connectivity index (χ3n) is 5.01. The fourth-order valence-electron chi connectivity index (χ4n) is 3.56. The van der Waals surface area contributed by atoms with Crippen LogP contribution in [-0.4, -0.2) is 22.4 Å². The van der Waals surface area contributed by atoms with Gasteiger partial charge in [-0.05, 0) is 53.6 Å². The van der Waals surface area contributed by atoms with Gasteiger partial charge in [0, 0.05) is 30.0 Å². The lowest BCUT2D eigenvalue weighted by atomic mass is 10.0. The molecule has 0 fully saturated rings. The Morgan fingerprint density at radius 3 is 2.66 bits per heavy atom. The number of hydrogen-bond acceptors (Lipinski definition) is 5. The molecular weight excluding hydrogens is 432 g/mol. The molecular formula is C23H17BrN2O3. The van der Waals surface area contributed by atoms with Crippen LogP contribution in [0.4, 0.5) is 0 Å². The molecule has 3 heterocycles. The molecule has 2 aliphatic heterocycles. The lowest BCUT2D eigenvalue weighted by Gasteiger charge is -2.29. The molecule has 5 nitrogen and oxygen atoms in total. The van der Waals surface area contributed by atoms with Crippen molar-refractivity contribution in [2.24, 2.45) is 0 Å². The zero-order valence-corrected chi connectivity index (χ0v) is 17.1. The van der Waals surface area contributed by atoms with Crippen molar-refractivity contribution in [3.63, 3.8) is 0 Å². The van der Waals surface area contributed by atoms with E-state index in [1.165, 1.54) is 0 Å². The minimum Gasteiger partial charge on any atom is -0.478 e. The molecule has 0 saturated carbocycles. The summed E-state index contributed by atoms with van der Waals surface area (Å²) in [6.45, 7) is 1.88. The number of allylic oxidation sites excluding steroid dienone is 1. The van der Waals surface area contributed by atoms with Crippen molar-refractivity contribution in [2.75, 3.05) is 6.73 Å². The van der Waals surface area contributed by atoms with E-state index in [9.17, 15) is 4.79 Å². The Kier molecular flexibility index (Phi) is 4.66. The van der Waals surface area contributed by atoms with E-state index < -0.39 is 0 Å². The monoisotopic (exact) mass is 448 g/mol. The van der Waals surface area contributed by atoms with Crippen LogP contribution in [0, 0.1) is 0 Å². The fraction of sp³-hybridized carbons (Fsp3) is 0.130. The largest absolute Gasteiger partial charge is 0.478 e. The molecule has 144 valence electrons. The van der Waals surface area contributed by atoms with Crippen LogP contribution in [0.5, 0.6) is 11.5 Å². The lowest BCUT2D eigenvalue weighted by Crippen LogP contribution is -2.31. The van der Waals surface area contributed by atoms with E-state index in [0.717, 1.165) is 33.5 Å². The van der Waals surface area contributed by atoms with Gasteiger partial charge >= 0.3 is 0 Å². The maximum Gasteiger partial charge on any atom is 0.231 e. The molecule has 1 aromatic heterocycles. The summed E-state index contributed by atoms with van der Waals surface area (Å²) in [5.74, 6) is 1.61. The molecule has 0 amide bonds. The third-order valence-corrected chi connectivity index (χ3v) is 5.53. The Balaban J connectivity index is 1.43. The zero-order chi connectivity index (χ0) is 19.8. The predicted octanol–water partition coefficient (Wildman–Crippen LogP) is 4.81. The summed E-state index contributed by atoms with van der Waals surface area (Å²) in [4.78, 5) is 19.1. The maximum absolute atomic E-state index is 12.9. The molecule has 2 aromatic carbocycles. The molecule has 29 heavy (non-hydrogen) atoms. The highest BCUT2D eigenvalue weighted by Crippen LogP contribution is 2.42. The smallest absolute Gasteiger partial charge is 0.231 e. The molecule has 0 saturated heterocycles. The van der Waals surface area contributed by atoms with Gasteiger partial charge < -0.3 is 9.47 Å². The van der Waals surface area contributed by atoms with E-state index in [4.69, 9.17) is 9.47 Å². The average Bonchev–Trinajstić information content (AvgIpc) is 3.06. The van der Waals surface area contributed by atoms with Gasteiger partial charge in [0.2, 0.25) is 5.78 Å². The average molecular weight is 449 g/mol. The van der Waals surface area contributed by atoms with Crippen molar-refractivity contribution in [3.8, 4) is 11.5 Å². The standard InChI is InChI=1S/C23H17BrN2O3/c24-17-3-1-15(2-4-17)11-21-22(27)18-5-6-20-19(23(18)29-21)13-26(14-28-20)12-16-7-9-25-10-8-16/h1-11H,12-14H2. The second kappa shape index (κ2) is 7.46. The lowest BCUT2D eigenvalue weighted by molar-refractivity contribution is 0.0872. The van der Waals surface area contributed by atoms with Crippen LogP contribution in [0.25, 0.3) is 6.08 Å². The first-order valence-electron chi connectivity index (χ1n) is 9.27. The van der Waals surface area contributed by atoms with Gasteiger partial charge in [0.15, 0.2) is 5.76 Å². The first-order valence-corrected chi connectivity index (χ1v) is 10.1. The van der Waals surface area contributed by atoms with E-state index in [0.29, 0.717) is 30.3 Å². The number of halogens is 1. The zero-order valence-electron chi connectivity index (χ0n) is 15.5. The van der Waals surface area contributed by atoms with Crippen molar-refractivity contribution < 1.29 is 14.3 Å². The third kappa shape index (κ3) is 3.57. The second-order valence-electron chi connectivity index (χ2n) is 7.03. The normalized spacial score (nSPS) is 16.9. The highest BCUT2D eigenvalue weighted by Gasteiger charge is 2.33. The highest BCUT2D eigenvalue weighted by molar-refractivity contribution is 9.10. The maximum atomic E-state index is 12.9. The summed E-state index contributed by atoms with van der Waals surface area (Å²) in [7, 11) is 0. The highest BCUT2D eigenvalue weighted by atomic mass is 79.9. The number of benzene rings is 2. The molecule has 6 heteroatoms. The van der Waals surface area contributed by atoms with Gasteiger partial charge in [-0.15, -0.1) is 0 Å². The van der Waals surface area contributed by atoms with Gasteiger partial charge in [0.25, 0.3) is 0 Å². The van der Waals surface area contributed by atoms with Gasteiger partial charge in [0.1, 0.15) is 18.2 Å². The number of ketones is 1. The van der Waals surface area contributed by atoms with E-state index in [2.05, 4.69) is 25.8 Å². The Bertz CT molecular complexity index is 1110. The van der Waals surface area contributed by atoms with Crippen molar-refractivity contribution in [3.05, 3.63) is 93.4 Å². The van der Waals surface area contributed by atoms with Crippen molar-refractivity contribution >= 4 is 27.8 Å². The van der Waals surface area contributed by atoms with Crippen LogP contribution < -0.4 is 9.47 Å². The summed E-state index contributed by atoms with van der Waals surface area (Å²) in [5.41, 5.74) is 3.57. The van der Waals surface area contributed by atoms with Gasteiger partial charge in [-0.3, -0.25) is 14.7 Å². The Morgan fingerprint density at radius 2 is 1.86 bits per heavy atom. The number of ether oxygens (including phenoxy) is 2. The van der Waals surface area contributed by atoms with E-state index in [1.807, 2.05) is 42.5 Å². The van der Waals surface area contributed by atoms with E-state index in [-0.39, 0.29) is 5.78 Å². The molecule has 0 unspecified atom stereocenters. The van der Waals surface area contributed by atoms with Crippen molar-refractivity contribution in [1.29, 1.82) is 0 Å². The summed E-state index contributed by atoms with van der Waals surface area (Å²) >= 11 is 3.42. The van der Waals surface area contributed by atoms with Crippen LogP contribution >= 0.6 is 15.9 Å². The number of hydrogen-bond donors (Lipinski definition) is 0. The van der Waals surface area contributed by atoms with Gasteiger partial charge in [-0.25, -0.2) is 0 Å². The summed E-state index contributed by atoms with van der Waals surface area (Å²) < 4.78 is 13.0. The van der Waals surface area contributed by atoms with Crippen LogP contribution in [-0.2, 0) is 13.1 Å². The van der Waals surface area contributed by atoms with E-state index >= 15 is 0 Å². The van der Waals surface area contributed by atoms with Gasteiger partial charge in [-0.2, -0.15) is 0 Å². The number of nitrogens with zero attached hydrogens (tertiary/aromatic N) is 2. The molecule has 0 spiro atoms. The molecule has 0 N–H and O–H groups in total. The molecule has 2 aliphatic rings. The van der Waals surface area contributed by atoms with Crippen LogP contribution in [0.15, 0.2) is 71.2 Å². The number of fused-ring (bicyclic) bond motifs is 3. The summed E-state index contributed by atoms with van der Waals surface area (Å²) in [6.07, 6.45) is 5.35. The SMILES string of the molecule is O=C1C(=Cc2ccc(Br)cc2)Oc2c1ccc1c2CN(Cc2ccncc2)CO1. The molecule has 0 bridgehead atoms. The first-order chi connectivity index (χ1) is 14.2. The van der Waals surface area contributed by atoms with Gasteiger partial charge in [0.05, 0.1) is 11.1 Å². The fourth-order valence-corrected chi connectivity index (χ4v) is 3.83. The van der Waals surface area contributed by atoms with Gasteiger partial charge in [-0.1, -0.05) is 28.1 Å². The Morgan fingerprint density at radius 1 is 1.07 bits per heavy atom. The first kappa shape index (κ1) is 18.1. The molecule has 5 rings (SSSR count). The summed E-state index contributed by atoms with van der Waals surface area (Å²) in [6, 6.07) is 15.4. The predicted molar refractivity (Wildman–Crippen MR) is 112 cm³/mol. The molecule has 3 aromatic rings. The second-order valence-corrected chi connectivity index (χ2v) is 7.94. The van der Waals surface area contributed by atoms with Crippen LogP contribution in [0.1, 0.15) is 27.0 Å². The number of aromatic nitrogens is 1. The number of carbonyl (C=O) groups excluding carboxylic acids is 1. The summed E-state index contributed by atoms with van der Waals surface area (Å²) in [5, 5.41) is 0. The topological polar surface area (TPSA) is 51.7 Å². The molecule has 0 radical (unpaired) electrons. The van der Waals surface area contributed by atoms with E-state index in [1.54, 1.807) is 24.5 Å².